The molecule has 0 spiro atoms. The number of esters is 1. The summed E-state index contributed by atoms with van der Waals surface area (Å²) in [5.74, 6) is 0.0997. The lowest BCUT2D eigenvalue weighted by Gasteiger charge is -2.07. The topological polar surface area (TPSA) is 80.4 Å². The van der Waals surface area contributed by atoms with Gasteiger partial charge in [-0.15, -0.1) is 0 Å². The summed E-state index contributed by atoms with van der Waals surface area (Å²) in [6.07, 6.45) is 0.686. The Morgan fingerprint density at radius 1 is 1.21 bits per heavy atom. The smallest absolute Gasteiger partial charge is 0.339 e. The van der Waals surface area contributed by atoms with E-state index >= 15 is 0 Å². The third kappa shape index (κ3) is 3.76. The van der Waals surface area contributed by atoms with Gasteiger partial charge >= 0.3 is 5.97 Å². The van der Waals surface area contributed by atoms with Crippen molar-refractivity contribution in [3.8, 4) is 5.75 Å². The first-order valence-corrected chi connectivity index (χ1v) is 7.66. The third-order valence-electron chi connectivity index (χ3n) is 3.89. The quantitative estimate of drug-likeness (QED) is 0.797. The summed E-state index contributed by atoms with van der Waals surface area (Å²) in [4.78, 5) is 27.1. The van der Waals surface area contributed by atoms with E-state index in [-0.39, 0.29) is 5.91 Å². The zero-order chi connectivity index (χ0) is 17.7. The molecule has 0 saturated carbocycles. The highest BCUT2D eigenvalue weighted by atomic mass is 16.5. The molecule has 0 bridgehead atoms. The van der Waals surface area contributed by atoms with Crippen molar-refractivity contribution in [2.24, 2.45) is 0 Å². The molecule has 0 unspecified atom stereocenters. The number of aromatic nitrogens is 1. The SMILES string of the molecule is COC(=O)c1c(C)[nH]c(C(=O)NCCc2cccc(OC)c2)c1C. The predicted octanol–water partition coefficient (Wildman–Crippen LogP) is 2.40. The molecule has 1 aromatic heterocycles. The van der Waals surface area contributed by atoms with Crippen molar-refractivity contribution in [3.05, 3.63) is 52.3 Å². The molecule has 1 heterocycles. The number of aryl methyl sites for hydroxylation is 1. The first-order valence-electron chi connectivity index (χ1n) is 7.66. The second kappa shape index (κ2) is 7.68. The minimum absolute atomic E-state index is 0.242. The minimum Gasteiger partial charge on any atom is -0.497 e. The Kier molecular flexibility index (Phi) is 5.63. The van der Waals surface area contributed by atoms with Crippen LogP contribution < -0.4 is 10.1 Å². The van der Waals surface area contributed by atoms with E-state index in [2.05, 4.69) is 10.3 Å². The molecule has 1 aromatic carbocycles. The van der Waals surface area contributed by atoms with Crippen LogP contribution in [0.3, 0.4) is 0 Å². The van der Waals surface area contributed by atoms with Crippen LogP contribution in [-0.4, -0.2) is 37.6 Å². The van der Waals surface area contributed by atoms with E-state index in [0.29, 0.717) is 35.5 Å². The number of rotatable bonds is 6. The maximum atomic E-state index is 12.3. The van der Waals surface area contributed by atoms with E-state index in [1.54, 1.807) is 21.0 Å². The number of hydrogen-bond acceptors (Lipinski definition) is 4. The highest BCUT2D eigenvalue weighted by Gasteiger charge is 2.22. The maximum Gasteiger partial charge on any atom is 0.339 e. The van der Waals surface area contributed by atoms with E-state index in [1.807, 2.05) is 24.3 Å². The summed E-state index contributed by atoms with van der Waals surface area (Å²) < 4.78 is 9.93. The molecule has 6 nitrogen and oxygen atoms in total. The summed E-state index contributed by atoms with van der Waals surface area (Å²) in [6.45, 7) is 3.95. The summed E-state index contributed by atoms with van der Waals surface area (Å²) >= 11 is 0. The molecule has 2 rings (SSSR count). The molecule has 2 N–H and O–H groups in total. The first kappa shape index (κ1) is 17.6. The summed E-state index contributed by atoms with van der Waals surface area (Å²) in [7, 11) is 2.94. The average Bonchev–Trinajstić information content (AvgIpc) is 2.89. The van der Waals surface area contributed by atoms with Gasteiger partial charge in [0.15, 0.2) is 0 Å². The van der Waals surface area contributed by atoms with E-state index < -0.39 is 5.97 Å². The number of benzene rings is 1. The van der Waals surface area contributed by atoms with Crippen molar-refractivity contribution in [1.29, 1.82) is 0 Å². The number of nitrogens with one attached hydrogen (secondary N) is 2. The van der Waals surface area contributed by atoms with Crippen molar-refractivity contribution in [3.63, 3.8) is 0 Å². The van der Waals surface area contributed by atoms with Crippen molar-refractivity contribution >= 4 is 11.9 Å². The number of H-pyrrole nitrogens is 1. The van der Waals surface area contributed by atoms with E-state index in [0.717, 1.165) is 11.3 Å². The Balaban J connectivity index is 2.01. The Morgan fingerprint density at radius 2 is 1.96 bits per heavy atom. The predicted molar refractivity (Wildman–Crippen MR) is 90.6 cm³/mol. The van der Waals surface area contributed by atoms with Crippen LogP contribution in [0.2, 0.25) is 0 Å². The van der Waals surface area contributed by atoms with Crippen LogP contribution in [-0.2, 0) is 11.2 Å². The Morgan fingerprint density at radius 3 is 2.62 bits per heavy atom. The molecule has 0 fully saturated rings. The molecule has 0 aliphatic rings. The Labute approximate surface area is 141 Å². The highest BCUT2D eigenvalue weighted by Crippen LogP contribution is 2.19. The van der Waals surface area contributed by atoms with Gasteiger partial charge in [0, 0.05) is 12.2 Å². The molecule has 0 aliphatic heterocycles. The van der Waals surface area contributed by atoms with Crippen molar-refractivity contribution < 1.29 is 19.1 Å². The summed E-state index contributed by atoms with van der Waals surface area (Å²) in [6, 6.07) is 7.71. The minimum atomic E-state index is -0.448. The zero-order valence-corrected chi connectivity index (χ0v) is 14.4. The molecule has 0 atom stereocenters. The van der Waals surface area contributed by atoms with Crippen LogP contribution in [0.5, 0.6) is 5.75 Å². The van der Waals surface area contributed by atoms with Gasteiger partial charge in [-0.1, -0.05) is 12.1 Å². The Bertz CT molecular complexity index is 749. The highest BCUT2D eigenvalue weighted by molar-refractivity contribution is 6.00. The van der Waals surface area contributed by atoms with Crippen LogP contribution in [0.25, 0.3) is 0 Å². The van der Waals surface area contributed by atoms with Gasteiger partial charge in [0.05, 0.1) is 19.8 Å². The van der Waals surface area contributed by atoms with Crippen molar-refractivity contribution in [2.45, 2.75) is 20.3 Å². The lowest BCUT2D eigenvalue weighted by molar-refractivity contribution is 0.0599. The van der Waals surface area contributed by atoms with Gasteiger partial charge in [-0.25, -0.2) is 4.79 Å². The van der Waals surface area contributed by atoms with Crippen LogP contribution in [0.4, 0.5) is 0 Å². The number of amides is 1. The van der Waals surface area contributed by atoms with E-state index in [1.165, 1.54) is 7.11 Å². The fraction of sp³-hybridized carbons (Fsp3) is 0.333. The van der Waals surface area contributed by atoms with Crippen molar-refractivity contribution in [1.82, 2.24) is 10.3 Å². The van der Waals surface area contributed by atoms with Crippen LogP contribution in [0.15, 0.2) is 24.3 Å². The summed E-state index contributed by atoms with van der Waals surface area (Å²) in [5.41, 5.74) is 3.09. The standard InChI is InChI=1S/C18H22N2O4/c1-11-15(18(22)24-4)12(2)20-16(11)17(21)19-9-8-13-6-5-7-14(10-13)23-3/h5-7,10,20H,8-9H2,1-4H3,(H,19,21). The molecule has 24 heavy (non-hydrogen) atoms. The van der Waals surface area contributed by atoms with Gasteiger partial charge in [-0.3, -0.25) is 4.79 Å². The lowest BCUT2D eigenvalue weighted by atomic mass is 10.1. The second-order valence-electron chi connectivity index (χ2n) is 5.47. The fourth-order valence-corrected chi connectivity index (χ4v) is 2.62. The number of ether oxygens (including phenoxy) is 2. The Hall–Kier alpha value is -2.76. The van der Waals surface area contributed by atoms with Gasteiger partial charge in [-0.05, 0) is 43.5 Å². The van der Waals surface area contributed by atoms with Gasteiger partial charge < -0.3 is 19.8 Å². The fourth-order valence-electron chi connectivity index (χ4n) is 2.62. The number of carbonyl (C=O) groups is 2. The van der Waals surface area contributed by atoms with E-state index in [9.17, 15) is 9.59 Å². The first-order chi connectivity index (χ1) is 11.5. The molecule has 2 aromatic rings. The monoisotopic (exact) mass is 330 g/mol. The molecule has 6 heteroatoms. The van der Waals surface area contributed by atoms with Gasteiger partial charge in [0.2, 0.25) is 0 Å². The van der Waals surface area contributed by atoms with E-state index in [4.69, 9.17) is 9.47 Å². The molecule has 1 amide bonds. The van der Waals surface area contributed by atoms with Crippen LogP contribution in [0.1, 0.15) is 37.7 Å². The van der Waals surface area contributed by atoms with Crippen molar-refractivity contribution in [2.75, 3.05) is 20.8 Å². The third-order valence-corrected chi connectivity index (χ3v) is 3.89. The maximum absolute atomic E-state index is 12.3. The van der Waals surface area contributed by atoms with Gasteiger partial charge in [-0.2, -0.15) is 0 Å². The average molecular weight is 330 g/mol. The number of aromatic amines is 1. The molecule has 0 radical (unpaired) electrons. The second-order valence-corrected chi connectivity index (χ2v) is 5.47. The number of methoxy groups -OCH3 is 2. The largest absolute Gasteiger partial charge is 0.497 e. The molecule has 128 valence electrons. The summed E-state index contributed by atoms with van der Waals surface area (Å²) in [5, 5.41) is 2.86. The molecular formula is C18H22N2O4. The van der Waals surface area contributed by atoms with Gasteiger partial charge in [0.25, 0.3) is 5.91 Å². The number of hydrogen-bond donors (Lipinski definition) is 2. The normalized spacial score (nSPS) is 10.3. The molecular weight excluding hydrogens is 308 g/mol. The van der Waals surface area contributed by atoms with Gasteiger partial charge in [0.1, 0.15) is 11.4 Å². The molecule has 0 aliphatic carbocycles. The van der Waals surface area contributed by atoms with Crippen LogP contribution in [0, 0.1) is 13.8 Å². The number of carbonyl (C=O) groups excluding carboxylic acids is 2. The van der Waals surface area contributed by atoms with Crippen LogP contribution >= 0.6 is 0 Å². The molecule has 0 saturated heterocycles. The lowest BCUT2D eigenvalue weighted by Crippen LogP contribution is -2.26. The zero-order valence-electron chi connectivity index (χ0n) is 14.4.